The van der Waals surface area contributed by atoms with Crippen LogP contribution in [0.3, 0.4) is 0 Å². The number of nitriles is 1. The summed E-state index contributed by atoms with van der Waals surface area (Å²) in [7, 11) is -3.98. The molecule has 9 heteroatoms. The summed E-state index contributed by atoms with van der Waals surface area (Å²) in [6.45, 7) is 7.21. The first-order valence-corrected chi connectivity index (χ1v) is 12.3. The van der Waals surface area contributed by atoms with Gasteiger partial charge >= 0.3 is 0 Å². The van der Waals surface area contributed by atoms with Crippen LogP contribution in [0.1, 0.15) is 43.0 Å². The first-order chi connectivity index (χ1) is 15.1. The molecule has 0 spiro atoms. The number of sulfonamides is 1. The molecule has 3 rings (SSSR count). The number of nitrogens with zero attached hydrogens (tertiary/aromatic N) is 3. The lowest BCUT2D eigenvalue weighted by atomic mass is 9.98. The molecule has 1 aromatic carbocycles. The smallest absolute Gasteiger partial charge is 0.241 e. The van der Waals surface area contributed by atoms with Crippen molar-refractivity contribution in [2.24, 2.45) is 5.92 Å². The van der Waals surface area contributed by atoms with Gasteiger partial charge in [0.05, 0.1) is 4.90 Å². The number of aryl methyl sites for hydroxylation is 2. The fourth-order valence-corrected chi connectivity index (χ4v) is 5.53. The van der Waals surface area contributed by atoms with E-state index in [4.69, 9.17) is 5.73 Å². The number of nitrogens with two attached hydrogens (primary N) is 1. The summed E-state index contributed by atoms with van der Waals surface area (Å²) >= 11 is 0. The number of carbonyl (C=O) groups is 1. The highest BCUT2D eigenvalue weighted by atomic mass is 32.2. The third-order valence-corrected chi connectivity index (χ3v) is 7.88. The molecule has 1 fully saturated rings. The normalized spacial score (nSPS) is 16.0. The summed E-state index contributed by atoms with van der Waals surface area (Å²) in [5.74, 6) is 0.314. The van der Waals surface area contributed by atoms with Crippen LogP contribution in [-0.2, 0) is 21.4 Å². The van der Waals surface area contributed by atoms with Crippen LogP contribution >= 0.6 is 0 Å². The zero-order valence-corrected chi connectivity index (χ0v) is 19.7. The van der Waals surface area contributed by atoms with Crippen LogP contribution < -0.4 is 10.5 Å². The van der Waals surface area contributed by atoms with Gasteiger partial charge in [0, 0.05) is 31.5 Å². The van der Waals surface area contributed by atoms with Crippen molar-refractivity contribution in [2.45, 2.75) is 57.5 Å². The first kappa shape index (κ1) is 23.8. The molecule has 0 saturated carbocycles. The monoisotopic (exact) mass is 457 g/mol. The zero-order chi connectivity index (χ0) is 23.5. The zero-order valence-electron chi connectivity index (χ0n) is 18.8. The molecule has 1 aliphatic rings. The molecule has 2 heterocycles. The third kappa shape index (κ3) is 5.14. The van der Waals surface area contributed by atoms with Gasteiger partial charge < -0.3 is 15.2 Å². The number of hydrogen-bond donors (Lipinski definition) is 2. The highest BCUT2D eigenvalue weighted by molar-refractivity contribution is 7.89. The Morgan fingerprint density at radius 1 is 1.28 bits per heavy atom. The van der Waals surface area contributed by atoms with E-state index in [0.717, 1.165) is 18.4 Å². The second-order valence-corrected chi connectivity index (χ2v) is 10.3. The minimum Gasteiger partial charge on any atom is -0.398 e. The van der Waals surface area contributed by atoms with Crippen molar-refractivity contribution >= 4 is 21.6 Å². The Balaban J connectivity index is 1.86. The van der Waals surface area contributed by atoms with E-state index in [1.807, 2.05) is 6.92 Å². The van der Waals surface area contributed by atoms with Gasteiger partial charge in [-0.2, -0.15) is 9.98 Å². The second kappa shape index (κ2) is 9.76. The number of rotatable bonds is 7. The van der Waals surface area contributed by atoms with Crippen LogP contribution in [0.15, 0.2) is 35.4 Å². The fraction of sp³-hybridized carbons (Fsp3) is 0.478. The Bertz CT molecular complexity index is 1120. The van der Waals surface area contributed by atoms with Crippen LogP contribution in [0, 0.1) is 31.1 Å². The number of nitrogens with one attached hydrogen (secondary N) is 1. The van der Waals surface area contributed by atoms with E-state index in [0.29, 0.717) is 42.5 Å². The topological polar surface area (TPSA) is 121 Å². The number of likely N-dealkylation sites (tertiary alicyclic amines) is 1. The van der Waals surface area contributed by atoms with Gasteiger partial charge in [0.1, 0.15) is 17.8 Å². The van der Waals surface area contributed by atoms with Crippen molar-refractivity contribution in [1.29, 1.82) is 5.26 Å². The van der Waals surface area contributed by atoms with Crippen molar-refractivity contribution < 1.29 is 13.2 Å². The van der Waals surface area contributed by atoms with Crippen molar-refractivity contribution in [3.05, 3.63) is 47.3 Å². The average molecular weight is 458 g/mol. The van der Waals surface area contributed by atoms with Gasteiger partial charge in [0.15, 0.2) is 0 Å². The SMILES string of the molecule is Cc1ccc(S(=O)(=O)NC(CCn2cccc2C#N)C(=O)N2CCC(C)CC2)c(C)c1N. The molecule has 1 aromatic heterocycles. The quantitative estimate of drug-likeness (QED) is 0.619. The summed E-state index contributed by atoms with van der Waals surface area (Å²) in [6, 6.07) is 7.79. The maximum absolute atomic E-state index is 13.3. The van der Waals surface area contributed by atoms with Crippen molar-refractivity contribution in [3.8, 4) is 6.07 Å². The predicted octanol–water partition coefficient (Wildman–Crippen LogP) is 2.55. The number of amides is 1. The van der Waals surface area contributed by atoms with Gasteiger partial charge in [-0.25, -0.2) is 8.42 Å². The molecule has 0 bridgehead atoms. The van der Waals surface area contributed by atoms with E-state index in [1.165, 1.54) is 6.07 Å². The molecular formula is C23H31N5O3S. The van der Waals surface area contributed by atoms with Crippen molar-refractivity contribution in [3.63, 3.8) is 0 Å². The highest BCUT2D eigenvalue weighted by Crippen LogP contribution is 2.25. The average Bonchev–Trinajstić information content (AvgIpc) is 3.22. The van der Waals surface area contributed by atoms with E-state index in [2.05, 4.69) is 17.7 Å². The molecule has 172 valence electrons. The molecule has 2 aromatic rings. The molecular weight excluding hydrogens is 426 g/mol. The number of aromatic nitrogens is 1. The number of nitrogen functional groups attached to an aromatic ring is 1. The molecule has 0 aliphatic carbocycles. The number of carbonyl (C=O) groups excluding carboxylic acids is 1. The van der Waals surface area contributed by atoms with Gasteiger partial charge in [-0.1, -0.05) is 13.0 Å². The molecule has 32 heavy (non-hydrogen) atoms. The fourth-order valence-electron chi connectivity index (χ4n) is 4.05. The number of anilines is 1. The summed E-state index contributed by atoms with van der Waals surface area (Å²) < 4.78 is 30.9. The van der Waals surface area contributed by atoms with E-state index in [1.54, 1.807) is 40.8 Å². The van der Waals surface area contributed by atoms with Crippen molar-refractivity contribution in [2.75, 3.05) is 18.8 Å². The molecule has 1 aliphatic heterocycles. The van der Waals surface area contributed by atoms with Crippen LogP contribution in [0.2, 0.25) is 0 Å². The largest absolute Gasteiger partial charge is 0.398 e. The summed E-state index contributed by atoms with van der Waals surface area (Å²) in [5.41, 5.74) is 8.21. The molecule has 1 saturated heterocycles. The van der Waals surface area contributed by atoms with Crippen LogP contribution in [-0.4, -0.2) is 42.9 Å². The summed E-state index contributed by atoms with van der Waals surface area (Å²) in [5, 5.41) is 9.26. The van der Waals surface area contributed by atoms with Crippen LogP contribution in [0.5, 0.6) is 0 Å². The summed E-state index contributed by atoms with van der Waals surface area (Å²) in [4.78, 5) is 15.1. The van der Waals surface area contributed by atoms with Crippen LogP contribution in [0.4, 0.5) is 5.69 Å². The lowest BCUT2D eigenvalue weighted by Crippen LogP contribution is -2.51. The van der Waals surface area contributed by atoms with Gasteiger partial charge in [-0.15, -0.1) is 0 Å². The Kier molecular flexibility index (Phi) is 7.26. The number of hydrogen-bond acceptors (Lipinski definition) is 5. The van der Waals surface area contributed by atoms with E-state index in [-0.39, 0.29) is 17.2 Å². The first-order valence-electron chi connectivity index (χ1n) is 10.9. The standard InChI is InChI=1S/C23H31N5O3S/c1-16-8-12-28(13-9-16)23(29)20(10-14-27-11-4-5-19(27)15-24)26-32(30,31)21-7-6-17(2)22(25)18(21)3/h4-7,11,16,20,26H,8-10,12-14,25H2,1-3H3. The summed E-state index contributed by atoms with van der Waals surface area (Å²) in [6.07, 6.45) is 3.78. The Labute approximate surface area is 190 Å². The number of benzene rings is 1. The van der Waals surface area contributed by atoms with Crippen LogP contribution in [0.25, 0.3) is 0 Å². The van der Waals surface area contributed by atoms with Crippen molar-refractivity contribution in [1.82, 2.24) is 14.2 Å². The molecule has 1 unspecified atom stereocenters. The maximum atomic E-state index is 13.3. The van der Waals surface area contributed by atoms with E-state index in [9.17, 15) is 18.5 Å². The highest BCUT2D eigenvalue weighted by Gasteiger charge is 2.31. The van der Waals surface area contributed by atoms with Gasteiger partial charge in [0.25, 0.3) is 0 Å². The van der Waals surface area contributed by atoms with E-state index < -0.39 is 16.1 Å². The number of piperidine rings is 1. The Morgan fingerprint density at radius 2 is 1.97 bits per heavy atom. The molecule has 8 nitrogen and oxygen atoms in total. The lowest BCUT2D eigenvalue weighted by molar-refractivity contribution is -0.134. The minimum atomic E-state index is -3.98. The molecule has 0 radical (unpaired) electrons. The van der Waals surface area contributed by atoms with Gasteiger partial charge in [-0.05, 0) is 68.4 Å². The Hall–Kier alpha value is -2.83. The minimum absolute atomic E-state index is 0.0735. The van der Waals surface area contributed by atoms with Gasteiger partial charge in [-0.3, -0.25) is 4.79 Å². The molecule has 1 amide bonds. The Morgan fingerprint density at radius 3 is 2.62 bits per heavy atom. The van der Waals surface area contributed by atoms with E-state index >= 15 is 0 Å². The third-order valence-electron chi connectivity index (χ3n) is 6.27. The molecule has 3 N–H and O–H groups in total. The second-order valence-electron chi connectivity index (χ2n) is 8.59. The maximum Gasteiger partial charge on any atom is 0.241 e. The predicted molar refractivity (Wildman–Crippen MR) is 123 cm³/mol. The molecule has 1 atom stereocenters. The van der Waals surface area contributed by atoms with Gasteiger partial charge in [0.2, 0.25) is 15.9 Å². The lowest BCUT2D eigenvalue weighted by Gasteiger charge is -2.33.